The average molecular weight is 332 g/mol. The van der Waals surface area contributed by atoms with Crippen LogP contribution in [0.3, 0.4) is 0 Å². The Morgan fingerprint density at radius 3 is 2.50 bits per heavy atom. The van der Waals surface area contributed by atoms with Gasteiger partial charge in [-0.2, -0.15) is 0 Å². The minimum Gasteiger partial charge on any atom is -0.497 e. The lowest BCUT2D eigenvalue weighted by molar-refractivity contribution is -0.123. The van der Waals surface area contributed by atoms with E-state index in [0.29, 0.717) is 25.4 Å². The van der Waals surface area contributed by atoms with Crippen molar-refractivity contribution >= 4 is 5.91 Å². The number of ether oxygens (including phenoxy) is 1. The van der Waals surface area contributed by atoms with Crippen molar-refractivity contribution in [1.82, 2.24) is 5.32 Å². The average Bonchev–Trinajstić information content (AvgIpc) is 2.62. The fraction of sp³-hybridized carbons (Fsp3) is 0.650. The van der Waals surface area contributed by atoms with Gasteiger partial charge in [0.15, 0.2) is 0 Å². The van der Waals surface area contributed by atoms with Crippen LogP contribution in [0.1, 0.15) is 63.4 Å². The van der Waals surface area contributed by atoms with Crippen molar-refractivity contribution in [3.8, 4) is 5.75 Å². The van der Waals surface area contributed by atoms with Crippen LogP contribution in [-0.4, -0.2) is 26.1 Å². The first-order chi connectivity index (χ1) is 11.6. The van der Waals surface area contributed by atoms with Crippen molar-refractivity contribution in [2.24, 2.45) is 11.1 Å². The normalized spacial score (nSPS) is 18.0. The number of hydrogen-bond donors (Lipinski definition) is 2. The van der Waals surface area contributed by atoms with Crippen LogP contribution in [0.15, 0.2) is 24.3 Å². The van der Waals surface area contributed by atoms with E-state index in [1.165, 1.54) is 24.8 Å². The minimum atomic E-state index is 0.0456. The Bertz CT molecular complexity index is 507. The van der Waals surface area contributed by atoms with E-state index in [-0.39, 0.29) is 11.3 Å². The summed E-state index contributed by atoms with van der Waals surface area (Å²) in [7, 11) is 1.67. The zero-order valence-electron chi connectivity index (χ0n) is 15.1. The Labute approximate surface area is 146 Å². The molecule has 4 nitrogen and oxygen atoms in total. The molecule has 0 radical (unpaired) electrons. The van der Waals surface area contributed by atoms with Crippen LogP contribution in [0.5, 0.6) is 5.75 Å². The Hall–Kier alpha value is -1.55. The molecule has 1 atom stereocenters. The second-order valence-electron chi connectivity index (χ2n) is 7.25. The van der Waals surface area contributed by atoms with E-state index in [1.807, 2.05) is 12.1 Å². The zero-order chi connectivity index (χ0) is 17.4. The third-order valence-corrected chi connectivity index (χ3v) is 5.47. The first-order valence-corrected chi connectivity index (χ1v) is 9.19. The van der Waals surface area contributed by atoms with Crippen molar-refractivity contribution in [2.75, 3.05) is 20.2 Å². The standard InChI is InChI=1S/C20H32N2O2/c1-16(17-6-8-18(24-2)9-7-17)10-13-22-19(23)14-20(15-21)11-4-3-5-12-20/h6-9,16H,3-5,10-15,21H2,1-2H3,(H,22,23). The fourth-order valence-electron chi connectivity index (χ4n) is 3.69. The number of nitrogens with two attached hydrogens (primary N) is 1. The van der Waals surface area contributed by atoms with E-state index in [1.54, 1.807) is 7.11 Å². The van der Waals surface area contributed by atoms with Crippen LogP contribution in [-0.2, 0) is 4.79 Å². The topological polar surface area (TPSA) is 64.3 Å². The van der Waals surface area contributed by atoms with Crippen LogP contribution in [0, 0.1) is 5.41 Å². The molecular formula is C20H32N2O2. The molecule has 0 bridgehead atoms. The largest absolute Gasteiger partial charge is 0.497 e. The summed E-state index contributed by atoms with van der Waals surface area (Å²) in [5.74, 6) is 1.44. The van der Waals surface area contributed by atoms with Gasteiger partial charge in [-0.3, -0.25) is 4.79 Å². The maximum atomic E-state index is 12.3. The van der Waals surface area contributed by atoms with Gasteiger partial charge in [-0.25, -0.2) is 0 Å². The van der Waals surface area contributed by atoms with Crippen molar-refractivity contribution < 1.29 is 9.53 Å². The number of amides is 1. The lowest BCUT2D eigenvalue weighted by Gasteiger charge is -2.35. The van der Waals surface area contributed by atoms with Crippen molar-refractivity contribution in [2.45, 2.75) is 57.8 Å². The third-order valence-electron chi connectivity index (χ3n) is 5.47. The maximum Gasteiger partial charge on any atom is 0.220 e. The highest BCUT2D eigenvalue weighted by atomic mass is 16.5. The van der Waals surface area contributed by atoms with Crippen molar-refractivity contribution in [3.63, 3.8) is 0 Å². The van der Waals surface area contributed by atoms with Crippen LogP contribution < -0.4 is 15.8 Å². The highest BCUT2D eigenvalue weighted by molar-refractivity contribution is 5.76. The van der Waals surface area contributed by atoms with Crippen LogP contribution >= 0.6 is 0 Å². The van der Waals surface area contributed by atoms with E-state index < -0.39 is 0 Å². The van der Waals surface area contributed by atoms with Gasteiger partial charge in [0.25, 0.3) is 0 Å². The molecule has 3 N–H and O–H groups in total. The van der Waals surface area contributed by atoms with E-state index in [4.69, 9.17) is 10.5 Å². The minimum absolute atomic E-state index is 0.0456. The van der Waals surface area contributed by atoms with Gasteiger partial charge in [0.2, 0.25) is 5.91 Å². The molecule has 1 amide bonds. The van der Waals surface area contributed by atoms with Crippen LogP contribution in [0.4, 0.5) is 0 Å². The summed E-state index contributed by atoms with van der Waals surface area (Å²) in [5, 5.41) is 3.09. The van der Waals surface area contributed by atoms with E-state index in [0.717, 1.165) is 25.0 Å². The third kappa shape index (κ3) is 5.23. The quantitative estimate of drug-likeness (QED) is 0.764. The smallest absolute Gasteiger partial charge is 0.220 e. The van der Waals surface area contributed by atoms with Gasteiger partial charge < -0.3 is 15.8 Å². The molecule has 1 aliphatic carbocycles. The first kappa shape index (κ1) is 18.8. The molecule has 0 heterocycles. The first-order valence-electron chi connectivity index (χ1n) is 9.19. The second-order valence-corrected chi connectivity index (χ2v) is 7.25. The monoisotopic (exact) mass is 332 g/mol. The predicted octanol–water partition coefficient (Wildman–Crippen LogP) is 3.60. The predicted molar refractivity (Wildman–Crippen MR) is 98.2 cm³/mol. The lowest BCUT2D eigenvalue weighted by atomic mass is 9.71. The molecule has 0 aliphatic heterocycles. The summed E-state index contributed by atoms with van der Waals surface area (Å²) in [5.41, 5.74) is 7.29. The fourth-order valence-corrected chi connectivity index (χ4v) is 3.69. The van der Waals surface area contributed by atoms with Crippen LogP contribution in [0.2, 0.25) is 0 Å². The molecule has 1 aromatic carbocycles. The van der Waals surface area contributed by atoms with Gasteiger partial charge in [-0.05, 0) is 54.8 Å². The maximum absolute atomic E-state index is 12.3. The van der Waals surface area contributed by atoms with E-state index >= 15 is 0 Å². The summed E-state index contributed by atoms with van der Waals surface area (Å²) in [6.07, 6.45) is 7.41. The number of hydrogen-bond acceptors (Lipinski definition) is 3. The number of benzene rings is 1. The Balaban J connectivity index is 1.75. The number of carbonyl (C=O) groups excluding carboxylic acids is 1. The highest BCUT2D eigenvalue weighted by Gasteiger charge is 2.32. The molecule has 0 aromatic heterocycles. The van der Waals surface area contributed by atoms with Gasteiger partial charge in [-0.15, -0.1) is 0 Å². The van der Waals surface area contributed by atoms with Crippen LogP contribution in [0.25, 0.3) is 0 Å². The Morgan fingerprint density at radius 1 is 1.25 bits per heavy atom. The molecule has 1 aliphatic rings. The molecular weight excluding hydrogens is 300 g/mol. The summed E-state index contributed by atoms with van der Waals surface area (Å²) < 4.78 is 5.19. The van der Waals surface area contributed by atoms with Crippen molar-refractivity contribution in [3.05, 3.63) is 29.8 Å². The summed E-state index contributed by atoms with van der Waals surface area (Å²) in [4.78, 5) is 12.3. The molecule has 2 rings (SSSR count). The molecule has 1 unspecified atom stereocenters. The number of carbonyl (C=O) groups is 1. The Morgan fingerprint density at radius 2 is 1.92 bits per heavy atom. The molecule has 0 saturated heterocycles. The summed E-state index contributed by atoms with van der Waals surface area (Å²) >= 11 is 0. The van der Waals surface area contributed by atoms with Crippen molar-refractivity contribution in [1.29, 1.82) is 0 Å². The van der Waals surface area contributed by atoms with Gasteiger partial charge in [-0.1, -0.05) is 38.3 Å². The molecule has 24 heavy (non-hydrogen) atoms. The number of nitrogens with one attached hydrogen (secondary N) is 1. The molecule has 1 aromatic rings. The van der Waals surface area contributed by atoms with E-state index in [2.05, 4.69) is 24.4 Å². The highest BCUT2D eigenvalue weighted by Crippen LogP contribution is 2.38. The van der Waals surface area contributed by atoms with Gasteiger partial charge >= 0.3 is 0 Å². The molecule has 134 valence electrons. The second kappa shape index (κ2) is 9.07. The molecule has 1 saturated carbocycles. The number of methoxy groups -OCH3 is 1. The SMILES string of the molecule is COc1ccc(C(C)CCNC(=O)CC2(CN)CCCCC2)cc1. The van der Waals surface area contributed by atoms with E-state index in [9.17, 15) is 4.79 Å². The molecule has 4 heteroatoms. The summed E-state index contributed by atoms with van der Waals surface area (Å²) in [6, 6.07) is 8.16. The summed E-state index contributed by atoms with van der Waals surface area (Å²) in [6.45, 7) is 3.53. The molecule has 0 spiro atoms. The van der Waals surface area contributed by atoms with Gasteiger partial charge in [0.1, 0.15) is 5.75 Å². The molecule has 1 fully saturated rings. The van der Waals surface area contributed by atoms with Gasteiger partial charge in [0.05, 0.1) is 7.11 Å². The zero-order valence-corrected chi connectivity index (χ0v) is 15.1. The Kier molecular flexibility index (Phi) is 7.10. The van der Waals surface area contributed by atoms with Gasteiger partial charge in [0, 0.05) is 13.0 Å². The lowest BCUT2D eigenvalue weighted by Crippen LogP contribution is -2.39. The number of rotatable bonds is 8.